The molecule has 2 aromatic carbocycles. The van der Waals surface area contributed by atoms with Crippen molar-refractivity contribution in [3.63, 3.8) is 0 Å². The summed E-state index contributed by atoms with van der Waals surface area (Å²) in [6.45, 7) is 8.35. The molecule has 31 heavy (non-hydrogen) atoms. The standard InChI is InChI=1S/C16H21FN2O.C9H8F2/c1-10-6-12-13-7-11(20)4-5-14(13)18-15(12)8-19(10)9-16(2,3)17;1-2-3-7-4-8(10)6-9(11)5-7/h4-5,7,10,18,20H,6,8-9H2,1-3H3;2-6H,1H3/b;3-2+. The maximum Gasteiger partial charge on any atom is 0.126 e. The summed E-state index contributed by atoms with van der Waals surface area (Å²) in [5.41, 5.74) is 2.81. The van der Waals surface area contributed by atoms with Gasteiger partial charge in [-0.3, -0.25) is 4.90 Å². The van der Waals surface area contributed by atoms with Crippen molar-refractivity contribution in [1.82, 2.24) is 9.88 Å². The van der Waals surface area contributed by atoms with Crippen molar-refractivity contribution in [2.75, 3.05) is 6.54 Å². The Morgan fingerprint density at radius 2 is 1.84 bits per heavy atom. The number of alkyl halides is 1. The molecule has 0 radical (unpaired) electrons. The lowest BCUT2D eigenvalue weighted by Gasteiger charge is -2.36. The third-order valence-electron chi connectivity index (χ3n) is 5.29. The van der Waals surface area contributed by atoms with Crippen molar-refractivity contribution in [3.05, 3.63) is 70.9 Å². The molecule has 0 amide bonds. The molecule has 1 atom stereocenters. The van der Waals surface area contributed by atoms with Crippen molar-refractivity contribution < 1.29 is 18.3 Å². The van der Waals surface area contributed by atoms with Crippen LogP contribution in [0.25, 0.3) is 17.0 Å². The Morgan fingerprint density at radius 3 is 2.45 bits per heavy atom. The van der Waals surface area contributed by atoms with Crippen LogP contribution < -0.4 is 0 Å². The summed E-state index contributed by atoms with van der Waals surface area (Å²) in [5, 5.41) is 10.7. The molecule has 0 spiro atoms. The lowest BCUT2D eigenvalue weighted by Crippen LogP contribution is -2.44. The van der Waals surface area contributed by atoms with Gasteiger partial charge in [0.1, 0.15) is 23.1 Å². The van der Waals surface area contributed by atoms with Gasteiger partial charge in [-0.05, 0) is 75.6 Å². The summed E-state index contributed by atoms with van der Waals surface area (Å²) in [4.78, 5) is 5.58. The van der Waals surface area contributed by atoms with Crippen molar-refractivity contribution in [3.8, 4) is 5.75 Å². The van der Waals surface area contributed by atoms with Crippen LogP contribution in [-0.4, -0.2) is 33.2 Å². The average Bonchev–Trinajstić information content (AvgIpc) is 2.97. The normalized spacial score (nSPS) is 16.9. The van der Waals surface area contributed by atoms with E-state index in [0.29, 0.717) is 23.9 Å². The second-order valence-electron chi connectivity index (χ2n) is 8.69. The number of aromatic nitrogens is 1. The predicted molar refractivity (Wildman–Crippen MR) is 120 cm³/mol. The van der Waals surface area contributed by atoms with Gasteiger partial charge >= 0.3 is 0 Å². The number of hydrogen-bond donors (Lipinski definition) is 2. The number of aromatic hydroxyl groups is 1. The number of phenols is 1. The second kappa shape index (κ2) is 9.18. The Morgan fingerprint density at radius 1 is 1.16 bits per heavy atom. The Bertz CT molecular complexity index is 1060. The summed E-state index contributed by atoms with van der Waals surface area (Å²) in [6, 6.07) is 9.12. The van der Waals surface area contributed by atoms with Crippen LogP contribution in [0.5, 0.6) is 5.75 Å². The fourth-order valence-electron chi connectivity index (χ4n) is 4.00. The zero-order valence-electron chi connectivity index (χ0n) is 18.3. The van der Waals surface area contributed by atoms with E-state index in [0.717, 1.165) is 35.6 Å². The number of allylic oxidation sites excluding steroid dienone is 1. The number of nitrogens with zero attached hydrogens (tertiary/aromatic N) is 1. The topological polar surface area (TPSA) is 39.3 Å². The van der Waals surface area contributed by atoms with Gasteiger partial charge < -0.3 is 10.1 Å². The number of rotatable bonds is 3. The molecule has 2 heterocycles. The van der Waals surface area contributed by atoms with E-state index in [1.165, 1.54) is 17.7 Å². The largest absolute Gasteiger partial charge is 0.508 e. The molecule has 6 heteroatoms. The van der Waals surface area contributed by atoms with Crippen LogP contribution in [0.1, 0.15) is 44.5 Å². The molecular weight excluding hydrogens is 401 g/mol. The molecule has 1 aliphatic heterocycles. The number of hydrogen-bond acceptors (Lipinski definition) is 2. The number of benzene rings is 2. The summed E-state index contributed by atoms with van der Waals surface area (Å²) in [5.74, 6) is -0.796. The molecule has 4 rings (SSSR count). The van der Waals surface area contributed by atoms with Crippen molar-refractivity contribution in [2.45, 2.75) is 52.4 Å². The highest BCUT2D eigenvalue weighted by Gasteiger charge is 2.30. The summed E-state index contributed by atoms with van der Waals surface area (Å²) in [7, 11) is 0. The highest BCUT2D eigenvalue weighted by atomic mass is 19.1. The van der Waals surface area contributed by atoms with Crippen LogP contribution in [0.2, 0.25) is 0 Å². The molecule has 3 nitrogen and oxygen atoms in total. The minimum atomic E-state index is -1.18. The van der Waals surface area contributed by atoms with Gasteiger partial charge in [0.25, 0.3) is 0 Å². The van der Waals surface area contributed by atoms with Gasteiger partial charge in [-0.1, -0.05) is 12.2 Å². The highest BCUT2D eigenvalue weighted by Crippen LogP contribution is 2.32. The third kappa shape index (κ3) is 5.91. The van der Waals surface area contributed by atoms with E-state index in [1.54, 1.807) is 39.0 Å². The first-order chi connectivity index (χ1) is 14.6. The Hall–Kier alpha value is -2.73. The Balaban J connectivity index is 0.000000210. The lowest BCUT2D eigenvalue weighted by atomic mass is 9.96. The lowest BCUT2D eigenvalue weighted by molar-refractivity contribution is 0.0853. The van der Waals surface area contributed by atoms with Gasteiger partial charge in [0.05, 0.1) is 0 Å². The second-order valence-corrected chi connectivity index (χ2v) is 8.69. The molecule has 2 N–H and O–H groups in total. The quantitative estimate of drug-likeness (QED) is 0.507. The third-order valence-corrected chi connectivity index (χ3v) is 5.29. The van der Waals surface area contributed by atoms with Crippen LogP contribution in [0, 0.1) is 11.6 Å². The number of H-pyrrole nitrogens is 1. The predicted octanol–water partition coefficient (Wildman–Crippen LogP) is 6.37. The van der Waals surface area contributed by atoms with E-state index in [-0.39, 0.29) is 0 Å². The number of halogens is 3. The van der Waals surface area contributed by atoms with E-state index in [4.69, 9.17) is 0 Å². The van der Waals surface area contributed by atoms with Gasteiger partial charge in [-0.2, -0.15) is 0 Å². The first-order valence-corrected chi connectivity index (χ1v) is 10.4. The number of aromatic amines is 1. The zero-order valence-corrected chi connectivity index (χ0v) is 18.3. The number of phenolic OH excluding ortho intramolecular Hbond substituents is 1. The summed E-state index contributed by atoms with van der Waals surface area (Å²) in [6.07, 6.45) is 4.26. The molecule has 1 unspecified atom stereocenters. The first kappa shape index (κ1) is 22.9. The van der Waals surface area contributed by atoms with Gasteiger partial charge in [0.15, 0.2) is 0 Å². The molecule has 1 aliphatic rings. The molecular formula is C25H29F3N2O. The van der Waals surface area contributed by atoms with Crippen LogP contribution in [-0.2, 0) is 13.0 Å². The molecule has 1 aromatic heterocycles. The highest BCUT2D eigenvalue weighted by molar-refractivity contribution is 5.86. The SMILES string of the molecule is C/C=C/c1cc(F)cc(F)c1.CC1Cc2c([nH]c3ccc(O)cc23)CN1CC(C)(C)F. The van der Waals surface area contributed by atoms with Crippen molar-refractivity contribution >= 4 is 17.0 Å². The number of nitrogens with one attached hydrogen (secondary N) is 1. The summed E-state index contributed by atoms with van der Waals surface area (Å²) >= 11 is 0. The van der Waals surface area contributed by atoms with Crippen LogP contribution in [0.4, 0.5) is 13.2 Å². The van der Waals surface area contributed by atoms with E-state index >= 15 is 0 Å². The minimum Gasteiger partial charge on any atom is -0.508 e. The molecule has 3 aromatic rings. The smallest absolute Gasteiger partial charge is 0.126 e. The Labute approximate surface area is 181 Å². The van der Waals surface area contributed by atoms with Gasteiger partial charge in [0.2, 0.25) is 0 Å². The molecule has 0 bridgehead atoms. The van der Waals surface area contributed by atoms with E-state index in [2.05, 4.69) is 16.8 Å². The molecule has 166 valence electrons. The van der Waals surface area contributed by atoms with E-state index in [9.17, 15) is 18.3 Å². The van der Waals surface area contributed by atoms with Gasteiger partial charge in [-0.15, -0.1) is 0 Å². The maximum atomic E-state index is 13.9. The minimum absolute atomic E-state index is 0.291. The van der Waals surface area contributed by atoms with Crippen LogP contribution in [0.15, 0.2) is 42.5 Å². The molecule has 0 aliphatic carbocycles. The zero-order chi connectivity index (χ0) is 22.8. The van der Waals surface area contributed by atoms with Gasteiger partial charge in [-0.25, -0.2) is 13.2 Å². The first-order valence-electron chi connectivity index (χ1n) is 10.4. The molecule has 0 saturated heterocycles. The maximum absolute atomic E-state index is 13.9. The van der Waals surface area contributed by atoms with Crippen LogP contribution in [0.3, 0.4) is 0 Å². The summed E-state index contributed by atoms with van der Waals surface area (Å²) < 4.78 is 38.9. The van der Waals surface area contributed by atoms with Gasteiger partial charge in [0, 0.05) is 41.8 Å². The fraction of sp³-hybridized carbons (Fsp3) is 0.360. The Kier molecular flexibility index (Phi) is 6.80. The van der Waals surface area contributed by atoms with Crippen molar-refractivity contribution in [2.24, 2.45) is 0 Å². The number of fused-ring (bicyclic) bond motifs is 3. The van der Waals surface area contributed by atoms with E-state index < -0.39 is 17.3 Å². The fourth-order valence-corrected chi connectivity index (χ4v) is 4.00. The van der Waals surface area contributed by atoms with Crippen LogP contribution >= 0.6 is 0 Å². The average molecular weight is 431 g/mol. The molecule has 0 saturated carbocycles. The monoisotopic (exact) mass is 430 g/mol. The molecule has 0 fully saturated rings. The van der Waals surface area contributed by atoms with E-state index in [1.807, 2.05) is 12.1 Å². The van der Waals surface area contributed by atoms with Crippen molar-refractivity contribution in [1.29, 1.82) is 0 Å².